The zero-order valence-corrected chi connectivity index (χ0v) is 9.86. The van der Waals surface area contributed by atoms with Crippen molar-refractivity contribution in [3.05, 3.63) is 35.4 Å². The van der Waals surface area contributed by atoms with E-state index in [9.17, 15) is 0 Å². The van der Waals surface area contributed by atoms with Crippen LogP contribution in [0.15, 0.2) is 24.3 Å². The molecule has 0 saturated carbocycles. The summed E-state index contributed by atoms with van der Waals surface area (Å²) in [6.07, 6.45) is 0. The lowest BCUT2D eigenvalue weighted by atomic mass is 10.1. The zero-order chi connectivity index (χ0) is 11.8. The van der Waals surface area contributed by atoms with Crippen molar-refractivity contribution in [2.75, 3.05) is 19.8 Å². The molecule has 0 spiro atoms. The van der Waals surface area contributed by atoms with Crippen molar-refractivity contribution in [3.63, 3.8) is 0 Å². The standard InChI is InChI=1S/C13H18N2O/c1-3-16-8-7-15-11(2)13-6-4-5-12(9-13)10-14/h4-6,9,11,15H,3,7-8H2,1-2H3. The summed E-state index contributed by atoms with van der Waals surface area (Å²) in [4.78, 5) is 0. The summed E-state index contributed by atoms with van der Waals surface area (Å²) >= 11 is 0. The van der Waals surface area contributed by atoms with Gasteiger partial charge < -0.3 is 10.1 Å². The molecule has 0 heterocycles. The van der Waals surface area contributed by atoms with E-state index in [1.54, 1.807) is 0 Å². The second-order valence-electron chi connectivity index (χ2n) is 3.61. The maximum atomic E-state index is 8.80. The molecule has 1 rings (SSSR count). The van der Waals surface area contributed by atoms with E-state index in [1.165, 1.54) is 0 Å². The molecule has 0 aliphatic heterocycles. The van der Waals surface area contributed by atoms with Gasteiger partial charge in [0.05, 0.1) is 18.2 Å². The maximum Gasteiger partial charge on any atom is 0.0991 e. The van der Waals surface area contributed by atoms with Crippen LogP contribution in [0, 0.1) is 11.3 Å². The predicted octanol–water partition coefficient (Wildman–Crippen LogP) is 2.25. The Bertz CT molecular complexity index is 357. The Morgan fingerprint density at radius 1 is 1.50 bits per heavy atom. The molecule has 0 radical (unpaired) electrons. The smallest absolute Gasteiger partial charge is 0.0991 e. The largest absolute Gasteiger partial charge is 0.380 e. The van der Waals surface area contributed by atoms with Crippen molar-refractivity contribution in [3.8, 4) is 6.07 Å². The zero-order valence-electron chi connectivity index (χ0n) is 9.86. The van der Waals surface area contributed by atoms with E-state index in [4.69, 9.17) is 10.00 Å². The number of benzene rings is 1. The molecule has 0 fully saturated rings. The number of rotatable bonds is 6. The van der Waals surface area contributed by atoms with Crippen LogP contribution in [0.3, 0.4) is 0 Å². The van der Waals surface area contributed by atoms with Crippen LogP contribution < -0.4 is 5.32 Å². The topological polar surface area (TPSA) is 45.0 Å². The monoisotopic (exact) mass is 218 g/mol. The highest BCUT2D eigenvalue weighted by atomic mass is 16.5. The van der Waals surface area contributed by atoms with Gasteiger partial charge in [0, 0.05) is 19.2 Å². The van der Waals surface area contributed by atoms with Gasteiger partial charge in [-0.15, -0.1) is 0 Å². The van der Waals surface area contributed by atoms with Crippen molar-refractivity contribution in [1.29, 1.82) is 5.26 Å². The molecule has 1 atom stereocenters. The fraction of sp³-hybridized carbons (Fsp3) is 0.462. The van der Waals surface area contributed by atoms with Gasteiger partial charge in [-0.1, -0.05) is 12.1 Å². The van der Waals surface area contributed by atoms with Gasteiger partial charge in [-0.25, -0.2) is 0 Å². The Labute approximate surface area is 97.0 Å². The first-order chi connectivity index (χ1) is 7.77. The first-order valence-electron chi connectivity index (χ1n) is 5.59. The molecule has 16 heavy (non-hydrogen) atoms. The summed E-state index contributed by atoms with van der Waals surface area (Å²) in [5.74, 6) is 0. The second kappa shape index (κ2) is 7.00. The van der Waals surface area contributed by atoms with Gasteiger partial charge in [0.15, 0.2) is 0 Å². The van der Waals surface area contributed by atoms with Gasteiger partial charge in [0.2, 0.25) is 0 Å². The summed E-state index contributed by atoms with van der Waals surface area (Å²) < 4.78 is 5.25. The highest BCUT2D eigenvalue weighted by molar-refractivity contribution is 5.33. The van der Waals surface area contributed by atoms with Gasteiger partial charge in [0.1, 0.15) is 0 Å². The Morgan fingerprint density at radius 2 is 2.31 bits per heavy atom. The Hall–Kier alpha value is -1.37. The van der Waals surface area contributed by atoms with Gasteiger partial charge in [-0.3, -0.25) is 0 Å². The van der Waals surface area contributed by atoms with Gasteiger partial charge in [-0.05, 0) is 31.5 Å². The predicted molar refractivity (Wildman–Crippen MR) is 64.1 cm³/mol. The van der Waals surface area contributed by atoms with Crippen LogP contribution in [0.25, 0.3) is 0 Å². The van der Waals surface area contributed by atoms with Crippen molar-refractivity contribution in [2.45, 2.75) is 19.9 Å². The second-order valence-corrected chi connectivity index (χ2v) is 3.61. The molecule has 1 unspecified atom stereocenters. The Balaban J connectivity index is 2.46. The minimum atomic E-state index is 0.244. The van der Waals surface area contributed by atoms with Crippen LogP contribution >= 0.6 is 0 Å². The highest BCUT2D eigenvalue weighted by Gasteiger charge is 2.04. The average molecular weight is 218 g/mol. The Kier molecular flexibility index (Phi) is 5.55. The number of hydrogen-bond acceptors (Lipinski definition) is 3. The fourth-order valence-corrected chi connectivity index (χ4v) is 1.49. The van der Waals surface area contributed by atoms with E-state index in [-0.39, 0.29) is 6.04 Å². The maximum absolute atomic E-state index is 8.80. The molecular weight excluding hydrogens is 200 g/mol. The molecule has 0 aliphatic rings. The van der Waals surface area contributed by atoms with E-state index in [0.29, 0.717) is 5.56 Å². The average Bonchev–Trinajstić information content (AvgIpc) is 2.34. The van der Waals surface area contributed by atoms with E-state index < -0.39 is 0 Å². The first kappa shape index (κ1) is 12.7. The third kappa shape index (κ3) is 4.01. The van der Waals surface area contributed by atoms with Crippen LogP contribution in [0.2, 0.25) is 0 Å². The van der Waals surface area contributed by atoms with E-state index in [0.717, 1.165) is 25.3 Å². The lowest BCUT2D eigenvalue weighted by Gasteiger charge is -2.14. The van der Waals surface area contributed by atoms with Gasteiger partial charge >= 0.3 is 0 Å². The molecule has 1 aromatic carbocycles. The van der Waals surface area contributed by atoms with Crippen LogP contribution in [-0.4, -0.2) is 19.8 Å². The normalized spacial score (nSPS) is 12.1. The number of nitrogens with zero attached hydrogens (tertiary/aromatic N) is 1. The molecule has 0 saturated heterocycles. The molecule has 3 heteroatoms. The minimum absolute atomic E-state index is 0.244. The van der Waals surface area contributed by atoms with E-state index in [2.05, 4.69) is 18.3 Å². The van der Waals surface area contributed by atoms with Crippen LogP contribution in [0.5, 0.6) is 0 Å². The quantitative estimate of drug-likeness (QED) is 0.745. The summed E-state index contributed by atoms with van der Waals surface area (Å²) in [5, 5.41) is 12.2. The number of ether oxygens (including phenoxy) is 1. The molecule has 0 aliphatic carbocycles. The SMILES string of the molecule is CCOCCNC(C)c1cccc(C#N)c1. The van der Waals surface area contributed by atoms with Crippen molar-refractivity contribution < 1.29 is 4.74 Å². The molecule has 0 aromatic heterocycles. The Morgan fingerprint density at radius 3 is 3.00 bits per heavy atom. The molecular formula is C13H18N2O. The van der Waals surface area contributed by atoms with Crippen LogP contribution in [0.4, 0.5) is 0 Å². The number of hydrogen-bond donors (Lipinski definition) is 1. The van der Waals surface area contributed by atoms with Gasteiger partial charge in [0.25, 0.3) is 0 Å². The molecule has 3 nitrogen and oxygen atoms in total. The molecule has 1 aromatic rings. The first-order valence-corrected chi connectivity index (χ1v) is 5.59. The van der Waals surface area contributed by atoms with Gasteiger partial charge in [-0.2, -0.15) is 5.26 Å². The molecule has 86 valence electrons. The number of nitrogens with one attached hydrogen (secondary N) is 1. The highest BCUT2D eigenvalue weighted by Crippen LogP contribution is 2.13. The minimum Gasteiger partial charge on any atom is -0.380 e. The van der Waals surface area contributed by atoms with Crippen LogP contribution in [0.1, 0.15) is 31.0 Å². The fourth-order valence-electron chi connectivity index (χ4n) is 1.49. The summed E-state index contributed by atoms with van der Waals surface area (Å²) in [5.41, 5.74) is 1.84. The molecule has 0 bridgehead atoms. The molecule has 1 N–H and O–H groups in total. The lowest BCUT2D eigenvalue weighted by Crippen LogP contribution is -2.23. The van der Waals surface area contributed by atoms with Crippen LogP contribution in [-0.2, 0) is 4.74 Å². The summed E-state index contributed by atoms with van der Waals surface area (Å²) in [7, 11) is 0. The van der Waals surface area contributed by atoms with E-state index in [1.807, 2.05) is 31.2 Å². The summed E-state index contributed by atoms with van der Waals surface area (Å²) in [6, 6.07) is 10.1. The molecule has 0 amide bonds. The van der Waals surface area contributed by atoms with Crippen molar-refractivity contribution >= 4 is 0 Å². The van der Waals surface area contributed by atoms with E-state index >= 15 is 0 Å². The summed E-state index contributed by atoms with van der Waals surface area (Å²) in [6.45, 7) is 6.37. The third-order valence-corrected chi connectivity index (χ3v) is 2.42. The third-order valence-electron chi connectivity index (χ3n) is 2.42. The number of nitriles is 1. The van der Waals surface area contributed by atoms with Crippen molar-refractivity contribution in [1.82, 2.24) is 5.32 Å². The lowest BCUT2D eigenvalue weighted by molar-refractivity contribution is 0.147. The van der Waals surface area contributed by atoms with Crippen molar-refractivity contribution in [2.24, 2.45) is 0 Å².